The molecular weight excluding hydrogens is 366 g/mol. The lowest BCUT2D eigenvalue weighted by atomic mass is 10.1. The van der Waals surface area contributed by atoms with E-state index in [4.69, 9.17) is 19.2 Å². The highest BCUT2D eigenvalue weighted by Crippen LogP contribution is 2.39. The van der Waals surface area contributed by atoms with Crippen LogP contribution in [0.15, 0.2) is 47.5 Å². The molecule has 0 fully saturated rings. The highest BCUT2D eigenvalue weighted by Gasteiger charge is 2.15. The summed E-state index contributed by atoms with van der Waals surface area (Å²) in [7, 11) is 4.84. The minimum atomic E-state index is 0.292. The molecule has 0 saturated heterocycles. The van der Waals surface area contributed by atoms with E-state index >= 15 is 0 Å². The van der Waals surface area contributed by atoms with Gasteiger partial charge in [-0.1, -0.05) is 30.3 Å². The fourth-order valence-electron chi connectivity index (χ4n) is 3.11. The third kappa shape index (κ3) is 6.59. The Morgan fingerprint density at radius 1 is 0.966 bits per heavy atom. The summed E-state index contributed by atoms with van der Waals surface area (Å²) in [6, 6.07) is 14.6. The summed E-state index contributed by atoms with van der Waals surface area (Å²) in [5.74, 6) is 2.64. The number of guanidine groups is 1. The Hall–Kier alpha value is -2.89. The molecule has 0 bridgehead atoms. The van der Waals surface area contributed by atoms with Crippen LogP contribution in [0.4, 0.5) is 0 Å². The fraction of sp³-hybridized carbons (Fsp3) is 0.435. The van der Waals surface area contributed by atoms with Crippen LogP contribution in [0, 0.1) is 0 Å². The van der Waals surface area contributed by atoms with Crippen LogP contribution in [0.1, 0.15) is 31.4 Å². The maximum Gasteiger partial charge on any atom is 0.203 e. The van der Waals surface area contributed by atoms with E-state index in [2.05, 4.69) is 48.7 Å². The van der Waals surface area contributed by atoms with Crippen LogP contribution in [-0.4, -0.2) is 39.9 Å². The van der Waals surface area contributed by atoms with Gasteiger partial charge in [-0.25, -0.2) is 4.99 Å². The van der Waals surface area contributed by atoms with Crippen LogP contribution in [-0.2, 0) is 13.0 Å². The van der Waals surface area contributed by atoms with Gasteiger partial charge in [0.2, 0.25) is 5.75 Å². The average Bonchev–Trinajstić information content (AvgIpc) is 2.76. The van der Waals surface area contributed by atoms with Crippen molar-refractivity contribution < 1.29 is 14.2 Å². The third-order valence-corrected chi connectivity index (χ3v) is 4.63. The Bertz CT molecular complexity index is 778. The molecule has 6 heteroatoms. The number of hydrogen-bond acceptors (Lipinski definition) is 4. The zero-order valence-corrected chi connectivity index (χ0v) is 18.1. The minimum absolute atomic E-state index is 0.292. The standard InChI is InChI=1S/C23H33N3O3/c1-6-24-23(26-17(2)12-13-18-10-8-7-9-11-18)25-16-19-14-15-20(27-3)22(29-5)21(19)28-4/h7-11,14-15,17H,6,12-13,16H2,1-5H3,(H2,24,25,26). The molecule has 0 aliphatic heterocycles. The molecule has 2 aromatic rings. The predicted molar refractivity (Wildman–Crippen MR) is 118 cm³/mol. The van der Waals surface area contributed by atoms with Gasteiger partial charge in [-0.2, -0.15) is 0 Å². The summed E-state index contributed by atoms with van der Waals surface area (Å²) in [6.07, 6.45) is 2.05. The van der Waals surface area contributed by atoms with Crippen molar-refractivity contribution in [3.8, 4) is 17.2 Å². The molecule has 0 aliphatic carbocycles. The van der Waals surface area contributed by atoms with Crippen molar-refractivity contribution in [2.75, 3.05) is 27.9 Å². The summed E-state index contributed by atoms with van der Waals surface area (Å²) in [6.45, 7) is 5.49. The highest BCUT2D eigenvalue weighted by atomic mass is 16.5. The lowest BCUT2D eigenvalue weighted by Gasteiger charge is -2.19. The van der Waals surface area contributed by atoms with Gasteiger partial charge in [-0.05, 0) is 44.4 Å². The monoisotopic (exact) mass is 399 g/mol. The normalized spacial score (nSPS) is 12.2. The van der Waals surface area contributed by atoms with Crippen molar-refractivity contribution in [2.45, 2.75) is 39.3 Å². The Morgan fingerprint density at radius 2 is 1.69 bits per heavy atom. The Kier molecular flexibility index (Phi) is 9.15. The first kappa shape index (κ1) is 22.4. The largest absolute Gasteiger partial charge is 0.493 e. The van der Waals surface area contributed by atoms with Gasteiger partial charge in [0.05, 0.1) is 27.9 Å². The van der Waals surface area contributed by atoms with Crippen LogP contribution in [0.5, 0.6) is 17.2 Å². The number of aryl methyl sites for hydroxylation is 1. The van der Waals surface area contributed by atoms with Gasteiger partial charge in [0.1, 0.15) is 0 Å². The molecule has 0 radical (unpaired) electrons. The minimum Gasteiger partial charge on any atom is -0.493 e. The Labute approximate surface area is 174 Å². The summed E-state index contributed by atoms with van der Waals surface area (Å²) in [4.78, 5) is 4.74. The van der Waals surface area contributed by atoms with E-state index in [1.807, 2.05) is 18.2 Å². The summed E-state index contributed by atoms with van der Waals surface area (Å²) < 4.78 is 16.4. The summed E-state index contributed by atoms with van der Waals surface area (Å²) in [5.41, 5.74) is 2.28. The summed E-state index contributed by atoms with van der Waals surface area (Å²) >= 11 is 0. The quantitative estimate of drug-likeness (QED) is 0.470. The second kappa shape index (κ2) is 11.8. The second-order valence-corrected chi connectivity index (χ2v) is 6.76. The van der Waals surface area contributed by atoms with E-state index in [1.165, 1.54) is 5.56 Å². The topological polar surface area (TPSA) is 64.1 Å². The summed E-state index contributed by atoms with van der Waals surface area (Å²) in [5, 5.41) is 6.80. The number of nitrogens with one attached hydrogen (secondary N) is 2. The Morgan fingerprint density at radius 3 is 2.31 bits per heavy atom. The van der Waals surface area contributed by atoms with Crippen molar-refractivity contribution in [2.24, 2.45) is 4.99 Å². The molecule has 158 valence electrons. The SMILES string of the molecule is CCNC(=NCc1ccc(OC)c(OC)c1OC)NC(C)CCc1ccccc1. The number of ether oxygens (including phenoxy) is 3. The lowest BCUT2D eigenvalue weighted by Crippen LogP contribution is -2.42. The lowest BCUT2D eigenvalue weighted by molar-refractivity contribution is 0.322. The molecule has 0 saturated carbocycles. The van der Waals surface area contributed by atoms with Crippen LogP contribution in [0.2, 0.25) is 0 Å². The molecule has 2 aromatic carbocycles. The first-order valence-corrected chi connectivity index (χ1v) is 9.99. The van der Waals surface area contributed by atoms with E-state index in [0.29, 0.717) is 29.8 Å². The molecule has 2 N–H and O–H groups in total. The maximum absolute atomic E-state index is 5.56. The van der Waals surface area contributed by atoms with Crippen LogP contribution >= 0.6 is 0 Å². The molecule has 0 aromatic heterocycles. The average molecular weight is 400 g/mol. The van der Waals surface area contributed by atoms with Crippen molar-refractivity contribution in [1.82, 2.24) is 10.6 Å². The zero-order chi connectivity index (χ0) is 21.1. The fourth-order valence-corrected chi connectivity index (χ4v) is 3.11. The number of methoxy groups -OCH3 is 3. The number of nitrogens with zero attached hydrogens (tertiary/aromatic N) is 1. The van der Waals surface area contributed by atoms with E-state index in [0.717, 1.165) is 30.9 Å². The van der Waals surface area contributed by atoms with Crippen molar-refractivity contribution in [1.29, 1.82) is 0 Å². The molecule has 0 amide bonds. The van der Waals surface area contributed by atoms with Gasteiger partial charge in [-0.3, -0.25) is 0 Å². The van der Waals surface area contributed by atoms with Crippen molar-refractivity contribution in [3.63, 3.8) is 0 Å². The molecule has 1 atom stereocenters. The van der Waals surface area contributed by atoms with Gasteiger partial charge in [0.15, 0.2) is 17.5 Å². The highest BCUT2D eigenvalue weighted by molar-refractivity contribution is 5.80. The number of benzene rings is 2. The number of rotatable bonds is 10. The van der Waals surface area contributed by atoms with Gasteiger partial charge >= 0.3 is 0 Å². The molecule has 0 heterocycles. The van der Waals surface area contributed by atoms with Crippen molar-refractivity contribution >= 4 is 5.96 Å². The first-order valence-electron chi connectivity index (χ1n) is 9.99. The van der Waals surface area contributed by atoms with E-state index < -0.39 is 0 Å². The van der Waals surface area contributed by atoms with Crippen LogP contribution in [0.25, 0.3) is 0 Å². The van der Waals surface area contributed by atoms with Gasteiger partial charge in [-0.15, -0.1) is 0 Å². The van der Waals surface area contributed by atoms with Gasteiger partial charge in [0, 0.05) is 18.2 Å². The van der Waals surface area contributed by atoms with Crippen molar-refractivity contribution in [3.05, 3.63) is 53.6 Å². The zero-order valence-electron chi connectivity index (χ0n) is 18.1. The number of hydrogen-bond donors (Lipinski definition) is 2. The van der Waals surface area contributed by atoms with E-state index in [-0.39, 0.29) is 0 Å². The van der Waals surface area contributed by atoms with Crippen LogP contribution < -0.4 is 24.8 Å². The Balaban J connectivity index is 2.06. The molecule has 0 spiro atoms. The van der Waals surface area contributed by atoms with Crippen LogP contribution in [0.3, 0.4) is 0 Å². The molecule has 6 nitrogen and oxygen atoms in total. The van der Waals surface area contributed by atoms with Gasteiger partial charge < -0.3 is 24.8 Å². The molecule has 29 heavy (non-hydrogen) atoms. The smallest absolute Gasteiger partial charge is 0.203 e. The maximum atomic E-state index is 5.56. The van der Waals surface area contributed by atoms with E-state index in [9.17, 15) is 0 Å². The second-order valence-electron chi connectivity index (χ2n) is 6.76. The predicted octanol–water partition coefficient (Wildman–Crippen LogP) is 3.79. The number of aliphatic imine (C=N–C) groups is 1. The molecule has 2 rings (SSSR count). The molecule has 1 unspecified atom stereocenters. The molecular formula is C23H33N3O3. The molecule has 0 aliphatic rings. The first-order chi connectivity index (χ1) is 14.1. The van der Waals surface area contributed by atoms with E-state index in [1.54, 1.807) is 21.3 Å². The third-order valence-electron chi connectivity index (χ3n) is 4.63. The van der Waals surface area contributed by atoms with Gasteiger partial charge in [0.25, 0.3) is 0 Å².